The van der Waals surface area contributed by atoms with Crippen LogP contribution in [0, 0.1) is 5.92 Å². The van der Waals surface area contributed by atoms with Gasteiger partial charge in [-0.25, -0.2) is 0 Å². The first-order chi connectivity index (χ1) is 8.34. The fourth-order valence-electron chi connectivity index (χ4n) is 1.96. The fraction of sp³-hybridized carbons (Fsp3) is 0.727. The molecular formula is C11H18N4O2. The topological polar surface area (TPSA) is 69.0 Å². The van der Waals surface area contributed by atoms with E-state index in [9.17, 15) is 4.79 Å². The number of aromatic nitrogens is 3. The Labute approximate surface area is 100 Å². The number of rotatable bonds is 5. The summed E-state index contributed by atoms with van der Waals surface area (Å²) in [6.45, 7) is 2.60. The van der Waals surface area contributed by atoms with Gasteiger partial charge in [0, 0.05) is 19.8 Å². The van der Waals surface area contributed by atoms with Crippen LogP contribution in [0.1, 0.15) is 19.3 Å². The van der Waals surface area contributed by atoms with Crippen molar-refractivity contribution < 1.29 is 9.53 Å². The smallest absolute Gasteiger partial charge is 0.243 e. The Bertz CT molecular complexity index is 333. The zero-order chi connectivity index (χ0) is 11.9. The van der Waals surface area contributed by atoms with E-state index in [0.29, 0.717) is 12.5 Å². The summed E-state index contributed by atoms with van der Waals surface area (Å²) in [5.74, 6) is 0.546. The molecule has 1 aliphatic heterocycles. The predicted octanol–water partition coefficient (Wildman–Crippen LogP) is 0.211. The van der Waals surface area contributed by atoms with Crippen molar-refractivity contribution in [3.63, 3.8) is 0 Å². The van der Waals surface area contributed by atoms with Gasteiger partial charge in [-0.1, -0.05) is 0 Å². The van der Waals surface area contributed by atoms with Crippen LogP contribution in [0.25, 0.3) is 0 Å². The van der Waals surface area contributed by atoms with E-state index >= 15 is 0 Å². The van der Waals surface area contributed by atoms with E-state index in [0.717, 1.165) is 26.1 Å². The lowest BCUT2D eigenvalue weighted by Gasteiger charge is -2.21. The number of hydrogen-bond donors (Lipinski definition) is 1. The number of nitrogens with zero attached hydrogens (tertiary/aromatic N) is 3. The largest absolute Gasteiger partial charge is 0.381 e. The number of carbonyl (C=O) groups excluding carboxylic acids is 1. The standard InChI is InChI=1S/C11H18N4O2/c16-11(8-15-13-5-6-14-15)12-4-3-10-2-1-7-17-9-10/h5-6,10H,1-4,7-9H2,(H,12,16)/t10-/m1/s1. The molecule has 2 rings (SSSR count). The minimum absolute atomic E-state index is 0.0436. The second-order valence-corrected chi connectivity index (χ2v) is 4.28. The number of ether oxygens (including phenoxy) is 1. The summed E-state index contributed by atoms with van der Waals surface area (Å²) >= 11 is 0. The number of amides is 1. The van der Waals surface area contributed by atoms with Gasteiger partial charge in [0.2, 0.25) is 5.91 Å². The summed E-state index contributed by atoms with van der Waals surface area (Å²) in [7, 11) is 0. The summed E-state index contributed by atoms with van der Waals surface area (Å²) in [5, 5.41) is 10.6. The average Bonchev–Trinajstić information content (AvgIpc) is 2.83. The molecule has 1 fully saturated rings. The minimum atomic E-state index is -0.0436. The van der Waals surface area contributed by atoms with E-state index in [4.69, 9.17) is 4.74 Å². The molecule has 1 aromatic heterocycles. The Kier molecular flexibility index (Phi) is 4.49. The molecule has 6 heteroatoms. The Morgan fingerprint density at radius 1 is 1.47 bits per heavy atom. The Hall–Kier alpha value is -1.43. The van der Waals surface area contributed by atoms with Crippen molar-refractivity contribution in [3.8, 4) is 0 Å². The average molecular weight is 238 g/mol. The lowest BCUT2D eigenvalue weighted by atomic mass is 9.99. The molecule has 0 aromatic carbocycles. The van der Waals surface area contributed by atoms with Gasteiger partial charge in [0.25, 0.3) is 0 Å². The maximum absolute atomic E-state index is 11.5. The SMILES string of the molecule is O=C(Cn1nccn1)NCC[C@H]1CCCOC1. The maximum atomic E-state index is 11.5. The molecule has 0 saturated carbocycles. The monoisotopic (exact) mass is 238 g/mol. The van der Waals surface area contributed by atoms with Crippen LogP contribution in [0.15, 0.2) is 12.4 Å². The van der Waals surface area contributed by atoms with E-state index in [2.05, 4.69) is 15.5 Å². The third-order valence-electron chi connectivity index (χ3n) is 2.88. The van der Waals surface area contributed by atoms with Crippen molar-refractivity contribution in [2.45, 2.75) is 25.8 Å². The van der Waals surface area contributed by atoms with Crippen LogP contribution < -0.4 is 5.32 Å². The van der Waals surface area contributed by atoms with Crippen LogP contribution in [-0.2, 0) is 16.1 Å². The van der Waals surface area contributed by atoms with Gasteiger partial charge >= 0.3 is 0 Å². The molecule has 17 heavy (non-hydrogen) atoms. The van der Waals surface area contributed by atoms with Crippen LogP contribution in [0.2, 0.25) is 0 Å². The number of nitrogens with one attached hydrogen (secondary N) is 1. The first-order valence-corrected chi connectivity index (χ1v) is 6.03. The minimum Gasteiger partial charge on any atom is -0.381 e. The quantitative estimate of drug-likeness (QED) is 0.796. The Morgan fingerprint density at radius 2 is 2.29 bits per heavy atom. The number of hydrogen-bond acceptors (Lipinski definition) is 4. The third kappa shape index (κ3) is 4.14. The van der Waals surface area contributed by atoms with Crippen molar-refractivity contribution in [2.75, 3.05) is 19.8 Å². The zero-order valence-electron chi connectivity index (χ0n) is 9.84. The van der Waals surface area contributed by atoms with Crippen LogP contribution in [-0.4, -0.2) is 40.7 Å². The van der Waals surface area contributed by atoms with Crippen molar-refractivity contribution in [1.82, 2.24) is 20.3 Å². The summed E-state index contributed by atoms with van der Waals surface area (Å²) in [6.07, 6.45) is 6.45. The molecule has 0 radical (unpaired) electrons. The molecule has 1 N–H and O–H groups in total. The molecule has 0 aliphatic carbocycles. The Balaban J connectivity index is 1.59. The molecular weight excluding hydrogens is 220 g/mol. The molecule has 1 amide bonds. The Morgan fingerprint density at radius 3 is 3.00 bits per heavy atom. The van der Waals surface area contributed by atoms with Gasteiger partial charge in [-0.05, 0) is 25.2 Å². The predicted molar refractivity (Wildman–Crippen MR) is 61.2 cm³/mol. The van der Waals surface area contributed by atoms with E-state index in [-0.39, 0.29) is 12.5 Å². The highest BCUT2D eigenvalue weighted by Crippen LogP contribution is 2.16. The molecule has 1 saturated heterocycles. The van der Waals surface area contributed by atoms with E-state index in [1.165, 1.54) is 11.2 Å². The number of carbonyl (C=O) groups is 1. The normalized spacial score (nSPS) is 20.1. The molecule has 0 spiro atoms. The highest BCUT2D eigenvalue weighted by atomic mass is 16.5. The van der Waals surface area contributed by atoms with Crippen molar-refractivity contribution in [1.29, 1.82) is 0 Å². The van der Waals surface area contributed by atoms with Crippen molar-refractivity contribution >= 4 is 5.91 Å². The molecule has 2 heterocycles. The summed E-state index contributed by atoms with van der Waals surface area (Å²) in [5.41, 5.74) is 0. The van der Waals surface area contributed by atoms with Gasteiger partial charge in [0.1, 0.15) is 6.54 Å². The molecule has 0 unspecified atom stereocenters. The lowest BCUT2D eigenvalue weighted by Crippen LogP contribution is -2.31. The fourth-order valence-corrected chi connectivity index (χ4v) is 1.96. The summed E-state index contributed by atoms with van der Waals surface area (Å²) in [6, 6.07) is 0. The van der Waals surface area contributed by atoms with Crippen LogP contribution in [0.4, 0.5) is 0 Å². The van der Waals surface area contributed by atoms with Gasteiger partial charge in [-0.3, -0.25) is 4.79 Å². The van der Waals surface area contributed by atoms with Gasteiger partial charge in [-0.2, -0.15) is 15.0 Å². The maximum Gasteiger partial charge on any atom is 0.243 e. The zero-order valence-corrected chi connectivity index (χ0v) is 9.84. The highest BCUT2D eigenvalue weighted by Gasteiger charge is 2.13. The molecule has 1 aromatic rings. The molecule has 1 atom stereocenters. The molecule has 6 nitrogen and oxygen atoms in total. The first-order valence-electron chi connectivity index (χ1n) is 6.03. The van der Waals surface area contributed by atoms with Crippen molar-refractivity contribution in [2.24, 2.45) is 5.92 Å². The van der Waals surface area contributed by atoms with Crippen molar-refractivity contribution in [3.05, 3.63) is 12.4 Å². The molecule has 1 aliphatic rings. The van der Waals surface area contributed by atoms with Gasteiger partial charge < -0.3 is 10.1 Å². The molecule has 94 valence electrons. The molecule has 0 bridgehead atoms. The lowest BCUT2D eigenvalue weighted by molar-refractivity contribution is -0.122. The van der Waals surface area contributed by atoms with Crippen LogP contribution >= 0.6 is 0 Å². The highest BCUT2D eigenvalue weighted by molar-refractivity contribution is 5.75. The van der Waals surface area contributed by atoms with E-state index in [1.54, 1.807) is 12.4 Å². The van der Waals surface area contributed by atoms with Crippen LogP contribution in [0.5, 0.6) is 0 Å². The second kappa shape index (κ2) is 6.34. The van der Waals surface area contributed by atoms with Gasteiger partial charge in [0.15, 0.2) is 0 Å². The first kappa shape index (κ1) is 12.0. The summed E-state index contributed by atoms with van der Waals surface area (Å²) in [4.78, 5) is 12.9. The van der Waals surface area contributed by atoms with E-state index in [1.807, 2.05) is 0 Å². The second-order valence-electron chi connectivity index (χ2n) is 4.28. The summed E-state index contributed by atoms with van der Waals surface area (Å²) < 4.78 is 5.39. The van der Waals surface area contributed by atoms with Gasteiger partial charge in [0.05, 0.1) is 12.4 Å². The van der Waals surface area contributed by atoms with E-state index < -0.39 is 0 Å². The third-order valence-corrected chi connectivity index (χ3v) is 2.88. The van der Waals surface area contributed by atoms with Crippen LogP contribution in [0.3, 0.4) is 0 Å². The van der Waals surface area contributed by atoms with Gasteiger partial charge in [-0.15, -0.1) is 0 Å².